The van der Waals surface area contributed by atoms with Crippen molar-refractivity contribution in [1.82, 2.24) is 19.7 Å². The number of aromatic amines is 1. The van der Waals surface area contributed by atoms with E-state index in [1.54, 1.807) is 18.3 Å². The van der Waals surface area contributed by atoms with E-state index in [1.807, 2.05) is 37.3 Å². The molecule has 0 fully saturated rings. The molecule has 0 unspecified atom stereocenters. The topological polar surface area (TPSA) is 115 Å². The molecule has 4 aromatic rings. The molecule has 2 aromatic carbocycles. The Morgan fingerprint density at radius 1 is 1.05 bits per heavy atom. The van der Waals surface area contributed by atoms with Gasteiger partial charge in [0.15, 0.2) is 0 Å². The van der Waals surface area contributed by atoms with E-state index in [9.17, 15) is 4.79 Å². The smallest absolute Gasteiger partial charge is 0.343 e. The summed E-state index contributed by atoms with van der Waals surface area (Å²) in [4.78, 5) is 18.2. The standard InChI is InChI=1S/C34H37N5O4/c1-4-5-13-32-37-31-12-8-11-30(34(40)43-22-42-24(3)41-21-27-18-19-36-38-27)33(31)39(32)20-25-14-16-26(17-15-25)29-10-7-6-9-28(29)23(2)35/h6-12,14,16,18-19,35H,3-5,13,15,17,20-22H2,1-2H3,(H,36,38). The summed E-state index contributed by atoms with van der Waals surface area (Å²) in [6.07, 6.45) is 10.6. The highest BCUT2D eigenvalue weighted by atomic mass is 16.7. The fraction of sp³-hybridized carbons (Fsp3) is 0.294. The van der Waals surface area contributed by atoms with Gasteiger partial charge in [-0.05, 0) is 62.1 Å². The molecule has 0 amide bonds. The number of hydrogen-bond acceptors (Lipinski definition) is 7. The second-order valence-corrected chi connectivity index (χ2v) is 10.5. The lowest BCUT2D eigenvalue weighted by Gasteiger charge is -2.19. The molecule has 9 heteroatoms. The maximum Gasteiger partial charge on any atom is 0.343 e. The van der Waals surface area contributed by atoms with Crippen LogP contribution in [0.1, 0.15) is 72.5 Å². The molecule has 0 bridgehead atoms. The molecule has 1 aliphatic carbocycles. The summed E-state index contributed by atoms with van der Waals surface area (Å²) in [5.41, 5.74) is 7.85. The molecule has 43 heavy (non-hydrogen) atoms. The summed E-state index contributed by atoms with van der Waals surface area (Å²) >= 11 is 0. The van der Waals surface area contributed by atoms with Gasteiger partial charge in [0.2, 0.25) is 6.79 Å². The number of fused-ring (bicyclic) bond motifs is 1. The van der Waals surface area contributed by atoms with Crippen molar-refractivity contribution in [2.24, 2.45) is 0 Å². The Balaban J connectivity index is 1.34. The summed E-state index contributed by atoms with van der Waals surface area (Å²) in [5.74, 6) is 0.491. The first-order chi connectivity index (χ1) is 20.9. The van der Waals surface area contributed by atoms with Gasteiger partial charge in [-0.2, -0.15) is 5.10 Å². The van der Waals surface area contributed by atoms with E-state index in [-0.39, 0.29) is 19.3 Å². The molecule has 0 radical (unpaired) electrons. The molecular formula is C34H37N5O4. The average Bonchev–Trinajstić information content (AvgIpc) is 3.67. The average molecular weight is 580 g/mol. The van der Waals surface area contributed by atoms with Crippen LogP contribution in [0.15, 0.2) is 85.0 Å². The maximum absolute atomic E-state index is 13.3. The third kappa shape index (κ3) is 7.12. The number of nitrogens with one attached hydrogen (secondary N) is 2. The van der Waals surface area contributed by atoms with E-state index in [1.165, 1.54) is 11.1 Å². The van der Waals surface area contributed by atoms with Gasteiger partial charge in [0.25, 0.3) is 5.95 Å². The minimum Gasteiger partial charge on any atom is -0.459 e. The SMILES string of the molecule is C=C(OCOC(=O)c1cccc2nc(CCCC)n(CC3=CC=C(c4ccccc4C(C)=N)CC3)c12)OCc1ccn[nH]1. The number of H-pyrrole nitrogens is 1. The van der Waals surface area contributed by atoms with Gasteiger partial charge in [-0.1, -0.05) is 61.4 Å². The van der Waals surface area contributed by atoms with E-state index < -0.39 is 5.97 Å². The van der Waals surface area contributed by atoms with Gasteiger partial charge >= 0.3 is 5.97 Å². The van der Waals surface area contributed by atoms with Crippen molar-refractivity contribution in [1.29, 1.82) is 5.41 Å². The molecule has 0 saturated heterocycles. The number of benzene rings is 2. The molecule has 1 aliphatic rings. The Morgan fingerprint density at radius 2 is 1.88 bits per heavy atom. The van der Waals surface area contributed by atoms with E-state index in [2.05, 4.69) is 46.5 Å². The van der Waals surface area contributed by atoms with Crippen molar-refractivity contribution in [2.75, 3.05) is 6.79 Å². The molecule has 5 rings (SSSR count). The third-order valence-corrected chi connectivity index (χ3v) is 7.45. The molecular weight excluding hydrogens is 542 g/mol. The van der Waals surface area contributed by atoms with Gasteiger partial charge in [-0.25, -0.2) is 9.78 Å². The Morgan fingerprint density at radius 3 is 2.63 bits per heavy atom. The van der Waals surface area contributed by atoms with Crippen LogP contribution in [0.5, 0.6) is 0 Å². The minimum atomic E-state index is -0.506. The molecule has 2 heterocycles. The van der Waals surface area contributed by atoms with E-state index in [4.69, 9.17) is 24.6 Å². The first kappa shape index (κ1) is 29.6. The van der Waals surface area contributed by atoms with Crippen LogP contribution in [0.25, 0.3) is 16.6 Å². The van der Waals surface area contributed by atoms with Crippen molar-refractivity contribution >= 4 is 28.3 Å². The Labute approximate surface area is 251 Å². The van der Waals surface area contributed by atoms with E-state index in [0.717, 1.165) is 65.8 Å². The lowest BCUT2D eigenvalue weighted by molar-refractivity contribution is -0.0560. The van der Waals surface area contributed by atoms with Crippen LogP contribution < -0.4 is 0 Å². The van der Waals surface area contributed by atoms with Crippen LogP contribution in [-0.4, -0.2) is 38.2 Å². The number of rotatable bonds is 14. The Kier molecular flexibility index (Phi) is 9.51. The summed E-state index contributed by atoms with van der Waals surface area (Å²) in [7, 11) is 0. The largest absolute Gasteiger partial charge is 0.459 e. The number of hydrogen-bond donors (Lipinski definition) is 2. The molecule has 9 nitrogen and oxygen atoms in total. The number of ether oxygens (including phenoxy) is 3. The highest BCUT2D eigenvalue weighted by Gasteiger charge is 2.21. The number of carbonyl (C=O) groups is 1. The number of nitrogens with zero attached hydrogens (tertiary/aromatic N) is 3. The van der Waals surface area contributed by atoms with E-state index in [0.29, 0.717) is 17.8 Å². The van der Waals surface area contributed by atoms with Crippen LogP contribution in [0, 0.1) is 5.41 Å². The number of esters is 1. The van der Waals surface area contributed by atoms with Gasteiger partial charge in [0, 0.05) is 30.4 Å². The van der Waals surface area contributed by atoms with Crippen LogP contribution in [0.4, 0.5) is 0 Å². The first-order valence-corrected chi connectivity index (χ1v) is 14.6. The number of unbranched alkanes of at least 4 members (excludes halogenated alkanes) is 1. The van der Waals surface area contributed by atoms with Gasteiger partial charge < -0.3 is 24.2 Å². The van der Waals surface area contributed by atoms with Crippen molar-refractivity contribution in [2.45, 2.75) is 59.1 Å². The predicted octanol–water partition coefficient (Wildman–Crippen LogP) is 7.11. The van der Waals surface area contributed by atoms with Gasteiger partial charge in [0.1, 0.15) is 12.4 Å². The van der Waals surface area contributed by atoms with Crippen LogP contribution in [0.3, 0.4) is 0 Å². The van der Waals surface area contributed by atoms with Crippen LogP contribution >= 0.6 is 0 Å². The Bertz CT molecular complexity index is 1680. The number of imidazole rings is 1. The lowest BCUT2D eigenvalue weighted by Crippen LogP contribution is -2.13. The number of aryl methyl sites for hydroxylation is 1. The quantitative estimate of drug-likeness (QED) is 0.0712. The van der Waals surface area contributed by atoms with Gasteiger partial charge in [0.05, 0.1) is 22.3 Å². The molecule has 222 valence electrons. The second-order valence-electron chi connectivity index (χ2n) is 10.5. The molecule has 0 atom stereocenters. The van der Waals surface area contributed by atoms with Crippen molar-refractivity contribution < 1.29 is 19.0 Å². The Hall–Kier alpha value is -4.92. The monoisotopic (exact) mass is 579 g/mol. The minimum absolute atomic E-state index is 0.0440. The second kappa shape index (κ2) is 13.8. The molecule has 0 aliphatic heterocycles. The van der Waals surface area contributed by atoms with Crippen LogP contribution in [0.2, 0.25) is 0 Å². The molecule has 2 aromatic heterocycles. The van der Waals surface area contributed by atoms with Gasteiger partial charge in [-0.15, -0.1) is 0 Å². The van der Waals surface area contributed by atoms with E-state index >= 15 is 0 Å². The summed E-state index contributed by atoms with van der Waals surface area (Å²) in [6, 6.07) is 15.4. The fourth-order valence-electron chi connectivity index (χ4n) is 5.22. The summed E-state index contributed by atoms with van der Waals surface area (Å²) < 4.78 is 18.4. The zero-order valence-corrected chi connectivity index (χ0v) is 24.7. The maximum atomic E-state index is 13.3. The molecule has 2 N–H and O–H groups in total. The van der Waals surface area contributed by atoms with Crippen molar-refractivity contribution in [3.8, 4) is 0 Å². The summed E-state index contributed by atoms with van der Waals surface area (Å²) in [5, 5.41) is 14.8. The number of carbonyl (C=O) groups excluding carboxylic acids is 1. The zero-order chi connectivity index (χ0) is 30.2. The molecule has 0 spiro atoms. The number of allylic oxidation sites excluding steroid dienone is 4. The summed E-state index contributed by atoms with van der Waals surface area (Å²) in [6.45, 7) is 8.22. The normalized spacial score (nSPS) is 12.9. The highest BCUT2D eigenvalue weighted by molar-refractivity contribution is 6.02. The van der Waals surface area contributed by atoms with Crippen molar-refractivity contribution in [3.63, 3.8) is 0 Å². The predicted molar refractivity (Wildman–Crippen MR) is 166 cm³/mol. The number of para-hydroxylation sites is 1. The lowest BCUT2D eigenvalue weighted by atomic mass is 9.89. The van der Waals surface area contributed by atoms with Crippen molar-refractivity contribution in [3.05, 3.63) is 113 Å². The number of aromatic nitrogens is 4. The third-order valence-electron chi connectivity index (χ3n) is 7.45. The van der Waals surface area contributed by atoms with Crippen LogP contribution in [-0.2, 0) is 33.8 Å². The fourth-order valence-corrected chi connectivity index (χ4v) is 5.22. The first-order valence-electron chi connectivity index (χ1n) is 14.6. The molecule has 0 saturated carbocycles. The van der Waals surface area contributed by atoms with Gasteiger partial charge in [-0.3, -0.25) is 5.10 Å². The highest BCUT2D eigenvalue weighted by Crippen LogP contribution is 2.31. The zero-order valence-electron chi connectivity index (χ0n) is 24.7.